The highest BCUT2D eigenvalue weighted by Crippen LogP contribution is 2.31. The highest BCUT2D eigenvalue weighted by atomic mass is 32.2. The minimum Gasteiger partial charge on any atom is -0.485 e. The number of amides is 2. The van der Waals surface area contributed by atoms with Gasteiger partial charge in [-0.3, -0.25) is 9.59 Å². The van der Waals surface area contributed by atoms with E-state index < -0.39 is 6.10 Å². The Morgan fingerprint density at radius 2 is 1.76 bits per heavy atom. The SMILES string of the molecule is Cc1nc(SCC(=O)N2CCN(C(=O)[C@H]3COc4ccccc4O3)CC2)c(C#N)c(C)c1C. The quantitative estimate of drug-likeness (QED) is 0.639. The Morgan fingerprint density at radius 3 is 2.45 bits per heavy atom. The van der Waals surface area contributed by atoms with Gasteiger partial charge in [0.1, 0.15) is 17.7 Å². The summed E-state index contributed by atoms with van der Waals surface area (Å²) >= 11 is 1.29. The number of nitriles is 1. The third kappa shape index (κ3) is 4.76. The summed E-state index contributed by atoms with van der Waals surface area (Å²) in [4.78, 5) is 33.6. The Balaban J connectivity index is 1.30. The molecule has 2 aliphatic heterocycles. The van der Waals surface area contributed by atoms with Crippen LogP contribution in [0.1, 0.15) is 22.4 Å². The summed E-state index contributed by atoms with van der Waals surface area (Å²) in [5.74, 6) is 1.26. The topological polar surface area (TPSA) is 95.8 Å². The fourth-order valence-electron chi connectivity index (χ4n) is 3.89. The van der Waals surface area contributed by atoms with Crippen molar-refractivity contribution in [3.8, 4) is 17.6 Å². The second-order valence-electron chi connectivity index (χ2n) is 8.10. The van der Waals surface area contributed by atoms with E-state index in [-0.39, 0.29) is 24.2 Å². The van der Waals surface area contributed by atoms with Crippen molar-refractivity contribution in [1.82, 2.24) is 14.8 Å². The van der Waals surface area contributed by atoms with Crippen LogP contribution < -0.4 is 9.47 Å². The van der Waals surface area contributed by atoms with Crippen LogP contribution in [-0.4, -0.2) is 71.2 Å². The molecule has 0 spiro atoms. The maximum atomic E-state index is 12.9. The summed E-state index contributed by atoms with van der Waals surface area (Å²) in [6, 6.07) is 9.51. The molecule has 0 unspecified atom stereocenters. The summed E-state index contributed by atoms with van der Waals surface area (Å²) in [6.45, 7) is 7.74. The van der Waals surface area contributed by atoms with Gasteiger partial charge in [-0.1, -0.05) is 23.9 Å². The number of piperazine rings is 1. The van der Waals surface area contributed by atoms with Crippen LogP contribution in [0.3, 0.4) is 0 Å². The van der Waals surface area contributed by atoms with Crippen LogP contribution in [0, 0.1) is 32.1 Å². The number of nitrogens with zero attached hydrogens (tertiary/aromatic N) is 4. The van der Waals surface area contributed by atoms with Gasteiger partial charge in [0.15, 0.2) is 11.5 Å². The smallest absolute Gasteiger partial charge is 0.267 e. The molecule has 0 radical (unpaired) electrons. The molecule has 4 rings (SSSR count). The summed E-state index contributed by atoms with van der Waals surface area (Å²) in [7, 11) is 0. The molecule has 1 atom stereocenters. The zero-order chi connectivity index (χ0) is 23.5. The molecular weight excluding hydrogens is 440 g/mol. The van der Waals surface area contributed by atoms with E-state index >= 15 is 0 Å². The molecule has 1 saturated heterocycles. The Hall–Kier alpha value is -3.25. The van der Waals surface area contributed by atoms with E-state index in [1.54, 1.807) is 15.9 Å². The van der Waals surface area contributed by atoms with E-state index in [1.165, 1.54) is 11.8 Å². The van der Waals surface area contributed by atoms with Gasteiger partial charge in [-0.15, -0.1) is 0 Å². The first-order valence-corrected chi connectivity index (χ1v) is 11.8. The molecular formula is C24H26N4O4S. The molecule has 3 heterocycles. The number of fused-ring (bicyclic) bond motifs is 1. The fourth-order valence-corrected chi connectivity index (χ4v) is 4.88. The first-order chi connectivity index (χ1) is 15.9. The zero-order valence-corrected chi connectivity index (χ0v) is 19.8. The van der Waals surface area contributed by atoms with Crippen LogP contribution in [-0.2, 0) is 9.59 Å². The average molecular weight is 467 g/mol. The van der Waals surface area contributed by atoms with Crippen LogP contribution in [0.15, 0.2) is 29.3 Å². The monoisotopic (exact) mass is 466 g/mol. The molecule has 172 valence electrons. The normalized spacial score (nSPS) is 17.5. The number of hydrogen-bond acceptors (Lipinski definition) is 7. The van der Waals surface area contributed by atoms with Crippen molar-refractivity contribution in [1.29, 1.82) is 5.26 Å². The molecule has 1 aromatic carbocycles. The standard InChI is InChI=1S/C24H26N4O4S/c1-15-16(2)18(12-25)23(26-17(15)3)33-14-22(29)27-8-10-28(11-9-27)24(30)21-13-31-19-6-4-5-7-20(19)32-21/h4-7,21H,8-11,13-14H2,1-3H3/t21-/m1/s1. The highest BCUT2D eigenvalue weighted by Gasteiger charge is 2.33. The molecule has 2 amide bonds. The lowest BCUT2D eigenvalue weighted by molar-refractivity contribution is -0.145. The molecule has 1 fully saturated rings. The Labute approximate surface area is 197 Å². The number of aromatic nitrogens is 1. The minimum absolute atomic E-state index is 0.0279. The van der Waals surface area contributed by atoms with Crippen molar-refractivity contribution in [3.05, 3.63) is 46.6 Å². The van der Waals surface area contributed by atoms with E-state index in [0.29, 0.717) is 48.3 Å². The summed E-state index contributed by atoms with van der Waals surface area (Å²) in [5.41, 5.74) is 3.30. The van der Waals surface area contributed by atoms with Crippen molar-refractivity contribution in [2.45, 2.75) is 31.9 Å². The Morgan fingerprint density at radius 1 is 1.09 bits per heavy atom. The average Bonchev–Trinajstić information content (AvgIpc) is 2.85. The molecule has 0 N–H and O–H groups in total. The van der Waals surface area contributed by atoms with Crippen LogP contribution in [0.25, 0.3) is 0 Å². The Kier molecular flexibility index (Phi) is 6.75. The summed E-state index contributed by atoms with van der Waals surface area (Å²) < 4.78 is 11.5. The second-order valence-corrected chi connectivity index (χ2v) is 9.06. The lowest BCUT2D eigenvalue weighted by Crippen LogP contribution is -2.55. The number of carbonyl (C=O) groups excluding carboxylic acids is 2. The number of hydrogen-bond donors (Lipinski definition) is 0. The number of benzene rings is 1. The summed E-state index contributed by atoms with van der Waals surface area (Å²) in [5, 5.41) is 10.1. The van der Waals surface area contributed by atoms with Gasteiger partial charge in [0.25, 0.3) is 5.91 Å². The van der Waals surface area contributed by atoms with E-state index in [1.807, 2.05) is 39.0 Å². The van der Waals surface area contributed by atoms with Gasteiger partial charge in [-0.25, -0.2) is 4.98 Å². The molecule has 2 aromatic rings. The number of ether oxygens (including phenoxy) is 2. The number of aryl methyl sites for hydroxylation is 1. The van der Waals surface area contributed by atoms with Gasteiger partial charge >= 0.3 is 0 Å². The number of para-hydroxylation sites is 2. The van der Waals surface area contributed by atoms with Gasteiger partial charge in [0.2, 0.25) is 12.0 Å². The zero-order valence-electron chi connectivity index (χ0n) is 19.0. The first-order valence-electron chi connectivity index (χ1n) is 10.8. The van der Waals surface area contributed by atoms with Gasteiger partial charge in [0, 0.05) is 31.9 Å². The van der Waals surface area contributed by atoms with Crippen molar-refractivity contribution in [2.24, 2.45) is 0 Å². The van der Waals surface area contributed by atoms with Crippen LogP contribution in [0.5, 0.6) is 11.5 Å². The molecule has 1 aromatic heterocycles. The predicted molar refractivity (Wildman–Crippen MR) is 123 cm³/mol. The minimum atomic E-state index is -0.679. The second kappa shape index (κ2) is 9.71. The van der Waals surface area contributed by atoms with Gasteiger partial charge in [-0.05, 0) is 44.0 Å². The van der Waals surface area contributed by atoms with Crippen LogP contribution in [0.4, 0.5) is 0 Å². The van der Waals surface area contributed by atoms with E-state index in [4.69, 9.17) is 9.47 Å². The fraction of sp³-hybridized carbons (Fsp3) is 0.417. The van der Waals surface area contributed by atoms with E-state index in [9.17, 15) is 14.9 Å². The largest absolute Gasteiger partial charge is 0.485 e. The lowest BCUT2D eigenvalue weighted by atomic mass is 10.1. The predicted octanol–water partition coefficient (Wildman–Crippen LogP) is 2.48. The maximum Gasteiger partial charge on any atom is 0.267 e. The van der Waals surface area contributed by atoms with Crippen LogP contribution in [0.2, 0.25) is 0 Å². The molecule has 8 nitrogen and oxygen atoms in total. The number of carbonyl (C=O) groups is 2. The third-order valence-corrected chi connectivity index (χ3v) is 7.10. The number of rotatable bonds is 4. The van der Waals surface area contributed by atoms with E-state index in [2.05, 4.69) is 11.1 Å². The van der Waals surface area contributed by atoms with Crippen molar-refractivity contribution in [3.63, 3.8) is 0 Å². The van der Waals surface area contributed by atoms with Crippen molar-refractivity contribution in [2.75, 3.05) is 38.5 Å². The lowest BCUT2D eigenvalue weighted by Gasteiger charge is -2.37. The molecule has 0 aliphatic carbocycles. The maximum absolute atomic E-state index is 12.9. The van der Waals surface area contributed by atoms with Gasteiger partial charge < -0.3 is 19.3 Å². The van der Waals surface area contributed by atoms with Crippen LogP contribution >= 0.6 is 11.8 Å². The number of pyridine rings is 1. The third-order valence-electron chi connectivity index (χ3n) is 6.14. The highest BCUT2D eigenvalue weighted by molar-refractivity contribution is 8.00. The molecule has 33 heavy (non-hydrogen) atoms. The van der Waals surface area contributed by atoms with Crippen molar-refractivity contribution >= 4 is 23.6 Å². The number of thioether (sulfide) groups is 1. The molecule has 0 saturated carbocycles. The molecule has 2 aliphatic rings. The summed E-state index contributed by atoms with van der Waals surface area (Å²) in [6.07, 6.45) is -0.679. The Bertz CT molecular complexity index is 1120. The molecule has 9 heteroatoms. The van der Waals surface area contributed by atoms with Gasteiger partial charge in [0.05, 0.1) is 11.3 Å². The first kappa shape index (κ1) is 22.9. The molecule has 0 bridgehead atoms. The van der Waals surface area contributed by atoms with Crippen molar-refractivity contribution < 1.29 is 19.1 Å². The van der Waals surface area contributed by atoms with Gasteiger partial charge in [-0.2, -0.15) is 5.26 Å². The van der Waals surface area contributed by atoms with E-state index in [0.717, 1.165) is 16.8 Å².